The van der Waals surface area contributed by atoms with E-state index in [9.17, 15) is 0 Å². The van der Waals surface area contributed by atoms with Gasteiger partial charge >= 0.3 is 0 Å². The topological polar surface area (TPSA) is 28.2 Å². The van der Waals surface area contributed by atoms with Crippen LogP contribution in [0.5, 0.6) is 0 Å². The summed E-state index contributed by atoms with van der Waals surface area (Å²) in [5.74, 6) is 2.05. The summed E-state index contributed by atoms with van der Waals surface area (Å²) >= 11 is 0. The van der Waals surface area contributed by atoms with Gasteiger partial charge in [-0.25, -0.2) is 4.98 Å². The van der Waals surface area contributed by atoms with Crippen molar-refractivity contribution >= 4 is 11.5 Å². The summed E-state index contributed by atoms with van der Waals surface area (Å²) in [5, 5.41) is 3.65. The van der Waals surface area contributed by atoms with Crippen LogP contribution in [0.25, 0.3) is 0 Å². The van der Waals surface area contributed by atoms with Crippen LogP contribution in [0.15, 0.2) is 18.3 Å². The Hall–Kier alpha value is -1.25. The molecule has 1 aliphatic heterocycles. The zero-order valence-electron chi connectivity index (χ0n) is 10.5. The number of hydrogen-bond acceptors (Lipinski definition) is 3. The fraction of sp³-hybridized carbons (Fsp3) is 0.643. The van der Waals surface area contributed by atoms with Crippen molar-refractivity contribution in [2.45, 2.75) is 38.6 Å². The van der Waals surface area contributed by atoms with Gasteiger partial charge in [0.1, 0.15) is 0 Å². The molecule has 0 spiro atoms. The third kappa shape index (κ3) is 2.24. The molecule has 1 aromatic heterocycles. The largest absolute Gasteiger partial charge is 0.379 e. The molecule has 0 bridgehead atoms. The third-order valence-corrected chi connectivity index (χ3v) is 3.93. The van der Waals surface area contributed by atoms with Gasteiger partial charge in [0.05, 0.1) is 5.69 Å². The number of aromatic nitrogens is 1. The van der Waals surface area contributed by atoms with Crippen molar-refractivity contribution in [1.82, 2.24) is 4.98 Å². The van der Waals surface area contributed by atoms with Gasteiger partial charge in [-0.15, -0.1) is 0 Å². The number of anilines is 2. The van der Waals surface area contributed by atoms with Crippen molar-refractivity contribution in [1.29, 1.82) is 0 Å². The molecule has 3 rings (SSSR count). The fourth-order valence-corrected chi connectivity index (χ4v) is 2.93. The van der Waals surface area contributed by atoms with Gasteiger partial charge in [0.15, 0.2) is 5.82 Å². The Labute approximate surface area is 103 Å². The quantitative estimate of drug-likeness (QED) is 0.867. The van der Waals surface area contributed by atoms with E-state index in [-0.39, 0.29) is 0 Å². The first kappa shape index (κ1) is 10.9. The molecule has 3 heteroatoms. The average Bonchev–Trinajstić information content (AvgIpc) is 2.81. The molecule has 17 heavy (non-hydrogen) atoms. The monoisotopic (exact) mass is 231 g/mol. The van der Waals surface area contributed by atoms with Crippen LogP contribution in [-0.2, 0) is 0 Å². The van der Waals surface area contributed by atoms with E-state index in [1.807, 2.05) is 12.3 Å². The molecule has 1 N–H and O–H groups in total. The minimum absolute atomic E-state index is 0.663. The van der Waals surface area contributed by atoms with Gasteiger partial charge in [0.2, 0.25) is 0 Å². The van der Waals surface area contributed by atoms with Crippen molar-refractivity contribution in [3.63, 3.8) is 0 Å². The molecule has 0 unspecified atom stereocenters. The lowest BCUT2D eigenvalue weighted by Crippen LogP contribution is -2.34. The van der Waals surface area contributed by atoms with Crippen LogP contribution in [0, 0.1) is 5.92 Å². The molecule has 2 fully saturated rings. The summed E-state index contributed by atoms with van der Waals surface area (Å²) < 4.78 is 0. The summed E-state index contributed by atoms with van der Waals surface area (Å²) in [7, 11) is 0. The molecule has 0 radical (unpaired) electrons. The van der Waals surface area contributed by atoms with Crippen LogP contribution in [0.4, 0.5) is 11.5 Å². The molecule has 92 valence electrons. The molecule has 3 nitrogen and oxygen atoms in total. The summed E-state index contributed by atoms with van der Waals surface area (Å²) in [6.07, 6.45) is 7.11. The van der Waals surface area contributed by atoms with Gasteiger partial charge in [0, 0.05) is 25.3 Å². The van der Waals surface area contributed by atoms with Crippen molar-refractivity contribution < 1.29 is 0 Å². The van der Waals surface area contributed by atoms with Crippen LogP contribution < -0.4 is 10.2 Å². The predicted molar refractivity (Wildman–Crippen MR) is 71.5 cm³/mol. The van der Waals surface area contributed by atoms with Crippen LogP contribution in [0.2, 0.25) is 0 Å². The molecule has 0 aromatic carbocycles. The van der Waals surface area contributed by atoms with Gasteiger partial charge in [-0.3, -0.25) is 0 Å². The molecular formula is C14H21N3. The molecule has 1 saturated heterocycles. The fourth-order valence-electron chi connectivity index (χ4n) is 2.93. The molecule has 2 heterocycles. The summed E-state index contributed by atoms with van der Waals surface area (Å²) in [6, 6.07) is 4.86. The predicted octanol–water partition coefficient (Wildman–Crippen LogP) is 2.89. The van der Waals surface area contributed by atoms with Crippen LogP contribution in [0.1, 0.15) is 32.6 Å². The highest BCUT2D eigenvalue weighted by Gasteiger charge is 2.26. The van der Waals surface area contributed by atoms with Crippen molar-refractivity contribution in [2.24, 2.45) is 5.92 Å². The van der Waals surface area contributed by atoms with E-state index in [0.717, 1.165) is 24.8 Å². The number of pyridine rings is 1. The van der Waals surface area contributed by atoms with E-state index in [0.29, 0.717) is 6.04 Å². The highest BCUT2D eigenvalue weighted by Crippen LogP contribution is 2.33. The lowest BCUT2D eigenvalue weighted by atomic mass is 9.82. The number of rotatable bonds is 3. The number of nitrogens with zero attached hydrogens (tertiary/aromatic N) is 2. The first-order chi connectivity index (χ1) is 8.33. The minimum atomic E-state index is 0.663. The SMILES string of the molecule is CC1CC(Nc2cccnc2N2CCCC2)C1. The van der Waals surface area contributed by atoms with E-state index in [4.69, 9.17) is 0 Å². The smallest absolute Gasteiger partial charge is 0.151 e. The summed E-state index contributed by atoms with van der Waals surface area (Å²) in [5.41, 5.74) is 1.23. The second-order valence-corrected chi connectivity index (χ2v) is 5.49. The van der Waals surface area contributed by atoms with E-state index < -0.39 is 0 Å². The van der Waals surface area contributed by atoms with Gasteiger partial charge in [-0.05, 0) is 43.7 Å². The Morgan fingerprint density at radius 3 is 2.76 bits per heavy atom. The molecule has 2 aliphatic rings. The Kier molecular flexibility index (Phi) is 2.91. The summed E-state index contributed by atoms with van der Waals surface area (Å²) in [6.45, 7) is 4.64. The second-order valence-electron chi connectivity index (χ2n) is 5.49. The van der Waals surface area contributed by atoms with Crippen LogP contribution >= 0.6 is 0 Å². The molecular weight excluding hydrogens is 210 g/mol. The van der Waals surface area contributed by atoms with E-state index in [1.165, 1.54) is 31.4 Å². The molecule has 0 amide bonds. The van der Waals surface area contributed by atoms with Crippen molar-refractivity contribution in [2.75, 3.05) is 23.3 Å². The third-order valence-electron chi connectivity index (χ3n) is 3.93. The molecule has 1 aromatic rings. The zero-order chi connectivity index (χ0) is 11.7. The molecule has 1 aliphatic carbocycles. The maximum atomic E-state index is 4.55. The molecule has 0 atom stereocenters. The number of hydrogen-bond donors (Lipinski definition) is 1. The van der Waals surface area contributed by atoms with Crippen molar-refractivity contribution in [3.8, 4) is 0 Å². The van der Waals surface area contributed by atoms with Crippen LogP contribution in [0.3, 0.4) is 0 Å². The second kappa shape index (κ2) is 4.55. The molecule has 1 saturated carbocycles. The van der Waals surface area contributed by atoms with Gasteiger partial charge in [0.25, 0.3) is 0 Å². The normalized spacial score (nSPS) is 27.9. The van der Waals surface area contributed by atoms with Gasteiger partial charge in [-0.1, -0.05) is 6.92 Å². The lowest BCUT2D eigenvalue weighted by Gasteiger charge is -2.35. The number of nitrogens with one attached hydrogen (secondary N) is 1. The maximum Gasteiger partial charge on any atom is 0.151 e. The van der Waals surface area contributed by atoms with E-state index in [2.05, 4.69) is 28.2 Å². The standard InChI is InChI=1S/C14H21N3/c1-11-9-12(10-11)16-13-5-4-6-15-14(13)17-7-2-3-8-17/h4-6,11-12,16H,2-3,7-10H2,1H3. The summed E-state index contributed by atoms with van der Waals surface area (Å²) in [4.78, 5) is 6.96. The highest BCUT2D eigenvalue weighted by molar-refractivity contribution is 5.66. The van der Waals surface area contributed by atoms with Gasteiger partial charge in [-0.2, -0.15) is 0 Å². The Balaban J connectivity index is 1.73. The first-order valence-corrected chi connectivity index (χ1v) is 6.79. The minimum Gasteiger partial charge on any atom is -0.379 e. The zero-order valence-corrected chi connectivity index (χ0v) is 10.5. The van der Waals surface area contributed by atoms with Gasteiger partial charge < -0.3 is 10.2 Å². The first-order valence-electron chi connectivity index (χ1n) is 6.79. The van der Waals surface area contributed by atoms with E-state index in [1.54, 1.807) is 0 Å². The van der Waals surface area contributed by atoms with Crippen LogP contribution in [-0.4, -0.2) is 24.1 Å². The average molecular weight is 231 g/mol. The van der Waals surface area contributed by atoms with Crippen molar-refractivity contribution in [3.05, 3.63) is 18.3 Å². The Morgan fingerprint density at radius 2 is 2.06 bits per heavy atom. The lowest BCUT2D eigenvalue weighted by molar-refractivity contribution is 0.309. The Morgan fingerprint density at radius 1 is 1.29 bits per heavy atom. The highest BCUT2D eigenvalue weighted by atomic mass is 15.2. The Bertz CT molecular complexity index is 379. The maximum absolute atomic E-state index is 4.55. The van der Waals surface area contributed by atoms with E-state index >= 15 is 0 Å².